The van der Waals surface area contributed by atoms with Gasteiger partial charge in [0.25, 0.3) is 0 Å². The molecule has 2 heterocycles. The van der Waals surface area contributed by atoms with Crippen LogP contribution in [0.3, 0.4) is 0 Å². The van der Waals surface area contributed by atoms with Gasteiger partial charge in [0, 0.05) is 31.0 Å². The highest BCUT2D eigenvalue weighted by Gasteiger charge is 2.29. The topological polar surface area (TPSA) is 63.7 Å². The van der Waals surface area contributed by atoms with E-state index in [2.05, 4.69) is 24.1 Å². The van der Waals surface area contributed by atoms with E-state index in [-0.39, 0.29) is 18.2 Å². The molecule has 1 saturated heterocycles. The monoisotopic (exact) mass is 363 g/mol. The molecule has 1 aliphatic rings. The number of nitrogens with zero attached hydrogens (tertiary/aromatic N) is 2. The van der Waals surface area contributed by atoms with Gasteiger partial charge in [0.05, 0.1) is 31.5 Å². The van der Waals surface area contributed by atoms with Crippen molar-refractivity contribution in [2.24, 2.45) is 5.92 Å². The summed E-state index contributed by atoms with van der Waals surface area (Å²) in [5.41, 5.74) is 2.83. The smallest absolute Gasteiger partial charge is 0.317 e. The zero-order chi connectivity index (χ0) is 19.3. The van der Waals surface area contributed by atoms with Gasteiger partial charge in [-0.15, -0.1) is 0 Å². The molecule has 1 N–H and O–H groups in total. The number of amides is 2. The number of aryl methyl sites for hydroxylation is 1. The SMILES string of the molecule is COc1c(C)cnc(CN(C)C(=O)NC2CCCOC2CC(C)C)c1C. The second-order valence-electron chi connectivity index (χ2n) is 7.64. The highest BCUT2D eigenvalue weighted by molar-refractivity contribution is 5.74. The van der Waals surface area contributed by atoms with Crippen molar-refractivity contribution in [3.05, 3.63) is 23.0 Å². The van der Waals surface area contributed by atoms with Gasteiger partial charge in [-0.3, -0.25) is 4.98 Å². The standard InChI is InChI=1S/C20H33N3O3/c1-13(2)10-18-16(8-7-9-26-18)22-20(24)23(5)12-17-15(4)19(25-6)14(3)11-21-17/h11,13,16,18H,7-10,12H2,1-6H3,(H,22,24). The van der Waals surface area contributed by atoms with Gasteiger partial charge in [-0.1, -0.05) is 13.8 Å². The molecule has 0 bridgehead atoms. The van der Waals surface area contributed by atoms with Gasteiger partial charge in [-0.2, -0.15) is 0 Å². The number of nitrogens with one attached hydrogen (secondary N) is 1. The number of urea groups is 1. The average molecular weight is 364 g/mol. The Labute approximate surface area is 157 Å². The Bertz CT molecular complexity index is 619. The molecule has 0 aliphatic carbocycles. The fraction of sp³-hybridized carbons (Fsp3) is 0.700. The molecule has 6 heteroatoms. The lowest BCUT2D eigenvalue weighted by atomic mass is 9.95. The van der Waals surface area contributed by atoms with E-state index < -0.39 is 0 Å². The first-order valence-corrected chi connectivity index (χ1v) is 9.45. The van der Waals surface area contributed by atoms with Gasteiger partial charge in [-0.05, 0) is 39.0 Å². The molecule has 1 aromatic heterocycles. The van der Waals surface area contributed by atoms with Crippen LogP contribution >= 0.6 is 0 Å². The number of ether oxygens (including phenoxy) is 2. The summed E-state index contributed by atoms with van der Waals surface area (Å²) in [4.78, 5) is 18.8. The number of hydrogen-bond donors (Lipinski definition) is 1. The maximum atomic E-state index is 12.7. The Balaban J connectivity index is 2.01. The first kappa shape index (κ1) is 20.5. The van der Waals surface area contributed by atoms with Gasteiger partial charge < -0.3 is 19.7 Å². The van der Waals surface area contributed by atoms with Crippen molar-refractivity contribution in [3.8, 4) is 5.75 Å². The highest BCUT2D eigenvalue weighted by Crippen LogP contribution is 2.25. The van der Waals surface area contributed by atoms with Gasteiger partial charge in [-0.25, -0.2) is 4.79 Å². The van der Waals surface area contributed by atoms with E-state index in [4.69, 9.17) is 9.47 Å². The van der Waals surface area contributed by atoms with Crippen LogP contribution in [0.2, 0.25) is 0 Å². The molecule has 1 fully saturated rings. The fourth-order valence-corrected chi connectivity index (χ4v) is 3.50. The van der Waals surface area contributed by atoms with Crippen LogP contribution in [-0.2, 0) is 11.3 Å². The summed E-state index contributed by atoms with van der Waals surface area (Å²) in [5, 5.41) is 3.16. The lowest BCUT2D eigenvalue weighted by Crippen LogP contribution is -2.51. The number of hydrogen-bond acceptors (Lipinski definition) is 4. The third-order valence-electron chi connectivity index (χ3n) is 4.94. The molecular formula is C20H33N3O3. The second kappa shape index (κ2) is 9.21. The highest BCUT2D eigenvalue weighted by atomic mass is 16.5. The molecule has 0 aromatic carbocycles. The first-order valence-electron chi connectivity index (χ1n) is 9.45. The summed E-state index contributed by atoms with van der Waals surface area (Å²) in [6.45, 7) is 9.54. The summed E-state index contributed by atoms with van der Waals surface area (Å²) >= 11 is 0. The van der Waals surface area contributed by atoms with E-state index >= 15 is 0 Å². The van der Waals surface area contributed by atoms with E-state index in [0.717, 1.165) is 48.4 Å². The van der Waals surface area contributed by atoms with Crippen molar-refractivity contribution in [1.82, 2.24) is 15.2 Å². The number of carbonyl (C=O) groups excluding carboxylic acids is 1. The van der Waals surface area contributed by atoms with Crippen molar-refractivity contribution in [2.45, 2.75) is 65.6 Å². The number of aromatic nitrogens is 1. The quantitative estimate of drug-likeness (QED) is 0.841. The molecule has 146 valence electrons. The molecule has 2 unspecified atom stereocenters. The van der Waals surface area contributed by atoms with Gasteiger partial charge in [0.15, 0.2) is 0 Å². The van der Waals surface area contributed by atoms with E-state index in [0.29, 0.717) is 12.5 Å². The largest absolute Gasteiger partial charge is 0.496 e. The molecule has 0 spiro atoms. The summed E-state index contributed by atoms with van der Waals surface area (Å²) in [7, 11) is 3.46. The van der Waals surface area contributed by atoms with Crippen molar-refractivity contribution in [2.75, 3.05) is 20.8 Å². The minimum atomic E-state index is -0.0880. The summed E-state index contributed by atoms with van der Waals surface area (Å²) in [6, 6.07) is -0.0160. The zero-order valence-corrected chi connectivity index (χ0v) is 17.0. The average Bonchev–Trinajstić information content (AvgIpc) is 2.59. The van der Waals surface area contributed by atoms with Crippen LogP contribution in [0.4, 0.5) is 4.79 Å². The number of rotatable bonds is 6. The summed E-state index contributed by atoms with van der Waals surface area (Å²) in [5.74, 6) is 1.38. The van der Waals surface area contributed by atoms with Crippen LogP contribution in [0.1, 0.15) is 49.9 Å². The predicted octanol–water partition coefficient (Wildman–Crippen LogP) is 3.44. The normalized spacial score (nSPS) is 20.1. The Morgan fingerprint density at radius 3 is 2.85 bits per heavy atom. The molecule has 2 atom stereocenters. The Morgan fingerprint density at radius 1 is 1.46 bits per heavy atom. The molecule has 6 nitrogen and oxygen atoms in total. The molecule has 2 amide bonds. The summed E-state index contributed by atoms with van der Waals surface area (Å²) < 4.78 is 11.4. The molecule has 2 rings (SSSR count). The molecule has 0 saturated carbocycles. The van der Waals surface area contributed by atoms with E-state index in [1.165, 1.54) is 0 Å². The van der Waals surface area contributed by atoms with Crippen LogP contribution in [0.25, 0.3) is 0 Å². The first-order chi connectivity index (χ1) is 12.3. The lowest BCUT2D eigenvalue weighted by molar-refractivity contribution is -0.0179. The maximum absolute atomic E-state index is 12.7. The van der Waals surface area contributed by atoms with Crippen LogP contribution in [-0.4, -0.2) is 48.8 Å². The zero-order valence-electron chi connectivity index (χ0n) is 17.0. The van der Waals surface area contributed by atoms with E-state index in [9.17, 15) is 4.79 Å². The van der Waals surface area contributed by atoms with Crippen molar-refractivity contribution in [3.63, 3.8) is 0 Å². The van der Waals surface area contributed by atoms with Gasteiger partial charge in [0.1, 0.15) is 5.75 Å². The Kier molecular flexibility index (Phi) is 7.26. The van der Waals surface area contributed by atoms with Crippen LogP contribution in [0.5, 0.6) is 5.75 Å². The predicted molar refractivity (Wildman–Crippen MR) is 102 cm³/mol. The van der Waals surface area contributed by atoms with Crippen LogP contribution in [0.15, 0.2) is 6.20 Å². The minimum Gasteiger partial charge on any atom is -0.496 e. The second-order valence-corrected chi connectivity index (χ2v) is 7.64. The molecule has 1 aliphatic heterocycles. The van der Waals surface area contributed by atoms with Crippen molar-refractivity contribution in [1.29, 1.82) is 0 Å². The van der Waals surface area contributed by atoms with E-state index in [1.54, 1.807) is 25.3 Å². The Hall–Kier alpha value is -1.82. The molecule has 1 aromatic rings. The maximum Gasteiger partial charge on any atom is 0.317 e. The number of methoxy groups -OCH3 is 1. The fourth-order valence-electron chi connectivity index (χ4n) is 3.50. The molecule has 0 radical (unpaired) electrons. The van der Waals surface area contributed by atoms with Crippen LogP contribution in [0, 0.1) is 19.8 Å². The Morgan fingerprint density at radius 2 is 2.19 bits per heavy atom. The van der Waals surface area contributed by atoms with Crippen molar-refractivity contribution < 1.29 is 14.3 Å². The number of carbonyl (C=O) groups is 1. The third kappa shape index (κ3) is 5.10. The summed E-state index contributed by atoms with van der Waals surface area (Å²) in [6.07, 6.45) is 4.80. The van der Waals surface area contributed by atoms with E-state index in [1.807, 2.05) is 13.8 Å². The molecule has 26 heavy (non-hydrogen) atoms. The van der Waals surface area contributed by atoms with Crippen LogP contribution < -0.4 is 10.1 Å². The lowest BCUT2D eigenvalue weighted by Gasteiger charge is -2.34. The molecular weight excluding hydrogens is 330 g/mol. The van der Waals surface area contributed by atoms with Gasteiger partial charge in [0.2, 0.25) is 0 Å². The third-order valence-corrected chi connectivity index (χ3v) is 4.94. The minimum absolute atomic E-state index is 0.0720. The van der Waals surface area contributed by atoms with Crippen molar-refractivity contribution >= 4 is 6.03 Å². The van der Waals surface area contributed by atoms with Gasteiger partial charge >= 0.3 is 6.03 Å². The number of pyridine rings is 1.